The molecule has 2 unspecified atom stereocenters. The summed E-state index contributed by atoms with van der Waals surface area (Å²) in [6, 6.07) is 3.19. The van der Waals surface area contributed by atoms with Crippen molar-refractivity contribution in [1.29, 1.82) is 0 Å². The van der Waals surface area contributed by atoms with Crippen LogP contribution in [0.25, 0.3) is 0 Å². The number of carbonyl (C=O) groups excluding carboxylic acids is 1. The van der Waals surface area contributed by atoms with Gasteiger partial charge in [-0.3, -0.25) is 0 Å². The van der Waals surface area contributed by atoms with Crippen LogP contribution in [0.15, 0.2) is 16.6 Å². The summed E-state index contributed by atoms with van der Waals surface area (Å²) < 4.78 is 16.0. The summed E-state index contributed by atoms with van der Waals surface area (Å²) in [7, 11) is 2.97. The molecule has 24 heavy (non-hydrogen) atoms. The molecule has 0 saturated heterocycles. The van der Waals surface area contributed by atoms with Gasteiger partial charge >= 0.3 is 6.09 Å². The fourth-order valence-electron chi connectivity index (χ4n) is 1.92. The Hall–Kier alpha value is -1.51. The van der Waals surface area contributed by atoms with Crippen LogP contribution in [0.4, 0.5) is 4.79 Å². The topological polar surface area (TPSA) is 97.2 Å². The van der Waals surface area contributed by atoms with Crippen molar-refractivity contribution in [3.8, 4) is 11.5 Å². The Morgan fingerprint density at radius 2 is 1.75 bits per heavy atom. The first-order valence-corrected chi connectivity index (χ1v) is 8.12. The number of amides is 1. The number of aliphatic hydroxyl groups excluding tert-OH is 2. The fourth-order valence-corrected chi connectivity index (χ4v) is 2.47. The molecule has 0 spiro atoms. The van der Waals surface area contributed by atoms with Crippen LogP contribution in [0.5, 0.6) is 11.5 Å². The maximum Gasteiger partial charge on any atom is 0.407 e. The molecule has 3 N–H and O–H groups in total. The average Bonchev–Trinajstić information content (AvgIpc) is 2.49. The summed E-state index contributed by atoms with van der Waals surface area (Å²) in [5.74, 6) is 0.906. The molecule has 0 aliphatic heterocycles. The van der Waals surface area contributed by atoms with Crippen LogP contribution in [0.2, 0.25) is 0 Å². The predicted molar refractivity (Wildman–Crippen MR) is 92.4 cm³/mol. The molecule has 0 saturated carbocycles. The number of rotatable bonds is 6. The fraction of sp³-hybridized carbons (Fsp3) is 0.562. The van der Waals surface area contributed by atoms with Gasteiger partial charge in [-0.25, -0.2) is 4.79 Å². The van der Waals surface area contributed by atoms with Crippen molar-refractivity contribution in [2.75, 3.05) is 20.8 Å². The monoisotopic (exact) mass is 405 g/mol. The Kier molecular flexibility index (Phi) is 7.31. The Morgan fingerprint density at radius 1 is 1.21 bits per heavy atom. The average molecular weight is 406 g/mol. The van der Waals surface area contributed by atoms with Gasteiger partial charge in [0.25, 0.3) is 0 Å². The lowest BCUT2D eigenvalue weighted by Gasteiger charge is -2.23. The molecule has 0 bridgehead atoms. The summed E-state index contributed by atoms with van der Waals surface area (Å²) in [4.78, 5) is 11.6. The van der Waals surface area contributed by atoms with Gasteiger partial charge in [0.2, 0.25) is 0 Å². The highest BCUT2D eigenvalue weighted by molar-refractivity contribution is 9.10. The van der Waals surface area contributed by atoms with E-state index in [9.17, 15) is 15.0 Å². The minimum Gasteiger partial charge on any atom is -0.493 e. The summed E-state index contributed by atoms with van der Waals surface area (Å²) in [5.41, 5.74) is -0.230. The first-order chi connectivity index (χ1) is 11.1. The standard InChI is InChI=1S/C16H24BrNO6/c1-16(2,3)24-15(21)18-8-11(19)14(20)9-6-12(22-4)13(23-5)7-10(9)17/h6-7,11,14,19-20H,8H2,1-5H3,(H,18,21). The first-order valence-electron chi connectivity index (χ1n) is 7.33. The van der Waals surface area contributed by atoms with Gasteiger partial charge in [0.05, 0.1) is 14.2 Å². The molecular formula is C16H24BrNO6. The molecule has 1 aromatic carbocycles. The van der Waals surface area contributed by atoms with Gasteiger partial charge in [0.1, 0.15) is 17.8 Å². The molecule has 1 rings (SSSR count). The number of carbonyl (C=O) groups is 1. The minimum absolute atomic E-state index is 0.170. The normalized spacial score (nSPS) is 13.8. The van der Waals surface area contributed by atoms with E-state index >= 15 is 0 Å². The quantitative estimate of drug-likeness (QED) is 0.671. The Morgan fingerprint density at radius 3 is 2.25 bits per heavy atom. The lowest BCUT2D eigenvalue weighted by atomic mass is 10.0. The molecular weight excluding hydrogens is 382 g/mol. The molecule has 0 aromatic heterocycles. The summed E-state index contributed by atoms with van der Waals surface area (Å²) in [6.07, 6.45) is -3.14. The van der Waals surface area contributed by atoms with E-state index in [0.717, 1.165) is 0 Å². The van der Waals surface area contributed by atoms with Crippen molar-refractivity contribution in [2.45, 2.75) is 38.6 Å². The second-order valence-corrected chi connectivity index (χ2v) is 6.98. The number of nitrogens with one attached hydrogen (secondary N) is 1. The van der Waals surface area contributed by atoms with Crippen molar-refractivity contribution >= 4 is 22.0 Å². The Balaban J connectivity index is 2.79. The van der Waals surface area contributed by atoms with E-state index in [-0.39, 0.29) is 6.54 Å². The van der Waals surface area contributed by atoms with Crippen molar-refractivity contribution < 1.29 is 29.2 Å². The Labute approximate surface area is 150 Å². The van der Waals surface area contributed by atoms with Crippen molar-refractivity contribution in [3.63, 3.8) is 0 Å². The van der Waals surface area contributed by atoms with Crippen LogP contribution in [0.1, 0.15) is 32.4 Å². The van der Waals surface area contributed by atoms with E-state index < -0.39 is 23.9 Å². The third-order valence-electron chi connectivity index (χ3n) is 3.04. The number of aliphatic hydroxyl groups is 2. The zero-order valence-corrected chi connectivity index (χ0v) is 16.0. The van der Waals surface area contributed by atoms with Gasteiger partial charge in [0.15, 0.2) is 11.5 Å². The molecule has 0 heterocycles. The van der Waals surface area contributed by atoms with Gasteiger partial charge in [-0.2, -0.15) is 0 Å². The highest BCUT2D eigenvalue weighted by Gasteiger charge is 2.24. The zero-order chi connectivity index (χ0) is 18.5. The number of halogens is 1. The number of ether oxygens (including phenoxy) is 3. The van der Waals surface area contributed by atoms with Gasteiger partial charge in [-0.05, 0) is 32.9 Å². The minimum atomic E-state index is -1.24. The summed E-state index contributed by atoms with van der Waals surface area (Å²) in [6.45, 7) is 5.03. The van der Waals surface area contributed by atoms with Crippen LogP contribution >= 0.6 is 15.9 Å². The number of hydrogen-bond donors (Lipinski definition) is 3. The number of alkyl carbamates (subject to hydrolysis) is 1. The van der Waals surface area contributed by atoms with Gasteiger partial charge in [-0.1, -0.05) is 15.9 Å². The summed E-state index contributed by atoms with van der Waals surface area (Å²) in [5, 5.41) is 22.9. The zero-order valence-electron chi connectivity index (χ0n) is 14.4. The van der Waals surface area contributed by atoms with Crippen LogP contribution in [0.3, 0.4) is 0 Å². The SMILES string of the molecule is COc1cc(Br)c(C(O)C(O)CNC(=O)OC(C)(C)C)cc1OC. The highest BCUT2D eigenvalue weighted by Crippen LogP contribution is 2.36. The van der Waals surface area contributed by atoms with Crippen LogP contribution in [-0.2, 0) is 4.74 Å². The molecule has 136 valence electrons. The number of benzene rings is 1. The highest BCUT2D eigenvalue weighted by atomic mass is 79.9. The molecule has 7 nitrogen and oxygen atoms in total. The maximum atomic E-state index is 11.6. The van der Waals surface area contributed by atoms with Gasteiger partial charge in [-0.15, -0.1) is 0 Å². The molecule has 0 radical (unpaired) electrons. The van der Waals surface area contributed by atoms with E-state index in [0.29, 0.717) is 21.5 Å². The Bertz CT molecular complexity index is 572. The van der Waals surface area contributed by atoms with Crippen LogP contribution in [-0.4, -0.2) is 48.8 Å². The first kappa shape index (κ1) is 20.5. The van der Waals surface area contributed by atoms with Crippen LogP contribution < -0.4 is 14.8 Å². The van der Waals surface area contributed by atoms with E-state index in [1.807, 2.05) is 0 Å². The second kappa shape index (κ2) is 8.55. The second-order valence-electron chi connectivity index (χ2n) is 6.12. The maximum absolute atomic E-state index is 11.6. The molecule has 1 amide bonds. The third kappa shape index (κ3) is 5.85. The lowest BCUT2D eigenvalue weighted by Crippen LogP contribution is -2.38. The van der Waals surface area contributed by atoms with E-state index in [1.54, 1.807) is 32.9 Å². The predicted octanol–water partition coefficient (Wildman–Crippen LogP) is 2.39. The van der Waals surface area contributed by atoms with Crippen molar-refractivity contribution in [2.24, 2.45) is 0 Å². The van der Waals surface area contributed by atoms with Crippen LogP contribution in [0, 0.1) is 0 Å². The van der Waals surface area contributed by atoms with E-state index in [4.69, 9.17) is 14.2 Å². The molecule has 0 fully saturated rings. The van der Waals surface area contributed by atoms with E-state index in [2.05, 4.69) is 21.2 Å². The largest absolute Gasteiger partial charge is 0.493 e. The van der Waals surface area contributed by atoms with Crippen molar-refractivity contribution in [3.05, 3.63) is 22.2 Å². The van der Waals surface area contributed by atoms with Gasteiger partial charge in [0, 0.05) is 16.6 Å². The molecule has 0 aliphatic rings. The van der Waals surface area contributed by atoms with Gasteiger partial charge < -0.3 is 29.7 Å². The molecule has 1 aromatic rings. The number of hydrogen-bond acceptors (Lipinski definition) is 6. The smallest absolute Gasteiger partial charge is 0.407 e. The lowest BCUT2D eigenvalue weighted by molar-refractivity contribution is 0.0125. The molecule has 8 heteroatoms. The third-order valence-corrected chi connectivity index (χ3v) is 3.73. The van der Waals surface area contributed by atoms with E-state index in [1.165, 1.54) is 14.2 Å². The number of methoxy groups -OCH3 is 2. The summed E-state index contributed by atoms with van der Waals surface area (Å²) >= 11 is 3.32. The molecule has 2 atom stereocenters. The van der Waals surface area contributed by atoms with Crippen molar-refractivity contribution in [1.82, 2.24) is 5.32 Å². The molecule has 0 aliphatic carbocycles.